The van der Waals surface area contributed by atoms with Crippen LogP contribution < -0.4 is 9.47 Å². The maximum atomic E-state index is 11.0. The normalized spacial score (nSPS) is 10.3. The van der Waals surface area contributed by atoms with Crippen molar-refractivity contribution in [1.29, 1.82) is 0 Å². The third kappa shape index (κ3) is 6.12. The van der Waals surface area contributed by atoms with E-state index in [-0.39, 0.29) is 24.7 Å². The highest BCUT2D eigenvalue weighted by Gasteiger charge is 2.19. The third-order valence-electron chi connectivity index (χ3n) is 4.98. The van der Waals surface area contributed by atoms with Crippen molar-refractivity contribution in [2.75, 3.05) is 13.2 Å². The van der Waals surface area contributed by atoms with Crippen LogP contribution in [0.1, 0.15) is 0 Å². The van der Waals surface area contributed by atoms with E-state index in [1.807, 2.05) is 60.7 Å². The smallest absolute Gasteiger partial charge is 0.148 e. The molecule has 36 heavy (non-hydrogen) atoms. The van der Waals surface area contributed by atoms with Crippen LogP contribution in [0.4, 0.5) is 0 Å². The fourth-order valence-corrected chi connectivity index (χ4v) is 5.26. The van der Waals surface area contributed by atoms with Crippen LogP contribution in [0.5, 0.6) is 23.0 Å². The van der Waals surface area contributed by atoms with Gasteiger partial charge < -0.3 is 19.7 Å². The highest BCUT2D eigenvalue weighted by atomic mass is 32.2. The zero-order chi connectivity index (χ0) is 25.3. The second-order valence-electron chi connectivity index (χ2n) is 7.45. The largest absolute Gasteiger partial charge is 0.507 e. The van der Waals surface area contributed by atoms with Crippen molar-refractivity contribution in [3.63, 3.8) is 0 Å². The van der Waals surface area contributed by atoms with E-state index in [1.165, 1.54) is 23.5 Å². The van der Waals surface area contributed by atoms with Gasteiger partial charge in [0.25, 0.3) is 0 Å². The molecule has 0 aromatic heterocycles. The van der Waals surface area contributed by atoms with Gasteiger partial charge in [-0.1, -0.05) is 71.8 Å². The standard InChI is InChI=1S/C30H22O4S2/c1-3-15-33-27-17-23(25(31)19-29(27)35-21-11-7-5-8-12-21)24-18-28(34-16-4-2)30(20-26(24)32)36-22-13-9-6-10-14-22/h1-2,5-14,17-20,31-32H,15-16H2. The summed E-state index contributed by atoms with van der Waals surface area (Å²) in [5.41, 5.74) is 0.748. The molecule has 0 fully saturated rings. The summed E-state index contributed by atoms with van der Waals surface area (Å²) >= 11 is 2.88. The first-order valence-electron chi connectivity index (χ1n) is 10.9. The minimum Gasteiger partial charge on any atom is -0.507 e. The molecule has 0 heterocycles. The second kappa shape index (κ2) is 12.0. The molecule has 0 spiro atoms. The van der Waals surface area contributed by atoms with Crippen LogP contribution in [-0.2, 0) is 0 Å². The van der Waals surface area contributed by atoms with Gasteiger partial charge in [0.1, 0.15) is 36.2 Å². The van der Waals surface area contributed by atoms with E-state index in [1.54, 1.807) is 24.3 Å². The summed E-state index contributed by atoms with van der Waals surface area (Å²) in [5.74, 6) is 5.87. The van der Waals surface area contributed by atoms with E-state index in [2.05, 4.69) is 11.8 Å². The number of hydrogen-bond donors (Lipinski definition) is 2. The van der Waals surface area contributed by atoms with Gasteiger partial charge in [-0.05, 0) is 48.5 Å². The van der Waals surface area contributed by atoms with Crippen LogP contribution in [0, 0.1) is 24.7 Å². The highest BCUT2D eigenvalue weighted by molar-refractivity contribution is 7.99. The Bertz CT molecular complexity index is 1310. The maximum Gasteiger partial charge on any atom is 0.148 e. The summed E-state index contributed by atoms with van der Waals surface area (Å²) < 4.78 is 11.6. The first kappa shape index (κ1) is 25.0. The van der Waals surface area contributed by atoms with E-state index < -0.39 is 0 Å². The molecule has 178 valence electrons. The monoisotopic (exact) mass is 510 g/mol. The second-order valence-corrected chi connectivity index (χ2v) is 9.68. The van der Waals surface area contributed by atoms with Crippen LogP contribution >= 0.6 is 23.5 Å². The number of phenolic OH excluding ortho intramolecular Hbond substituents is 2. The quantitative estimate of drug-likeness (QED) is 0.234. The summed E-state index contributed by atoms with van der Waals surface area (Å²) in [6.07, 6.45) is 10.8. The summed E-state index contributed by atoms with van der Waals surface area (Å²) in [4.78, 5) is 3.34. The molecular weight excluding hydrogens is 488 g/mol. The van der Waals surface area contributed by atoms with E-state index in [0.717, 1.165) is 9.79 Å². The lowest BCUT2D eigenvalue weighted by Crippen LogP contribution is -1.98. The van der Waals surface area contributed by atoms with Gasteiger partial charge in [-0.15, -0.1) is 12.8 Å². The van der Waals surface area contributed by atoms with E-state index >= 15 is 0 Å². The lowest BCUT2D eigenvalue weighted by Gasteiger charge is -2.17. The van der Waals surface area contributed by atoms with Crippen molar-refractivity contribution < 1.29 is 19.7 Å². The molecule has 0 aliphatic carbocycles. The van der Waals surface area contributed by atoms with Crippen LogP contribution in [-0.4, -0.2) is 23.4 Å². The van der Waals surface area contributed by atoms with Gasteiger partial charge in [-0.2, -0.15) is 0 Å². The van der Waals surface area contributed by atoms with Crippen molar-refractivity contribution in [3.05, 3.63) is 84.9 Å². The molecular formula is C30H22O4S2. The Hall–Kier alpha value is -4.10. The lowest BCUT2D eigenvalue weighted by atomic mass is 10.0. The Labute approximate surface area is 219 Å². The number of hydrogen-bond acceptors (Lipinski definition) is 6. The number of rotatable bonds is 9. The Morgan fingerprint density at radius 3 is 1.36 bits per heavy atom. The molecule has 4 nitrogen and oxygen atoms in total. The molecule has 4 rings (SSSR count). The van der Waals surface area contributed by atoms with Gasteiger partial charge >= 0.3 is 0 Å². The van der Waals surface area contributed by atoms with Crippen LogP contribution in [0.3, 0.4) is 0 Å². The van der Waals surface area contributed by atoms with Crippen molar-refractivity contribution >= 4 is 23.5 Å². The fourth-order valence-electron chi connectivity index (χ4n) is 3.38. The minimum atomic E-state index is -0.0249. The zero-order valence-corrected chi connectivity index (χ0v) is 20.8. The van der Waals surface area contributed by atoms with Crippen LogP contribution in [0.2, 0.25) is 0 Å². The molecule has 0 atom stereocenters. The maximum absolute atomic E-state index is 11.0. The summed E-state index contributed by atoms with van der Waals surface area (Å²) in [7, 11) is 0. The molecule has 4 aromatic rings. The minimum absolute atomic E-state index is 0.0249. The number of aromatic hydroxyl groups is 2. The predicted octanol–water partition coefficient (Wildman–Crippen LogP) is 7.09. The molecule has 0 unspecified atom stereocenters. The Morgan fingerprint density at radius 1 is 0.611 bits per heavy atom. The van der Waals surface area contributed by atoms with Gasteiger partial charge in [0.2, 0.25) is 0 Å². The molecule has 0 amide bonds. The van der Waals surface area contributed by atoms with E-state index in [4.69, 9.17) is 22.3 Å². The Balaban J connectivity index is 1.77. The molecule has 2 N–H and O–H groups in total. The molecule has 6 heteroatoms. The van der Waals surface area contributed by atoms with Gasteiger partial charge in [-0.3, -0.25) is 0 Å². The summed E-state index contributed by atoms with van der Waals surface area (Å²) in [6.45, 7) is 0.115. The number of phenols is 2. The predicted molar refractivity (Wildman–Crippen MR) is 145 cm³/mol. The van der Waals surface area contributed by atoms with Gasteiger partial charge in [-0.25, -0.2) is 0 Å². The van der Waals surface area contributed by atoms with Gasteiger partial charge in [0.05, 0.1) is 9.79 Å². The van der Waals surface area contributed by atoms with Crippen molar-refractivity contribution in [1.82, 2.24) is 0 Å². The van der Waals surface area contributed by atoms with Crippen molar-refractivity contribution in [2.45, 2.75) is 19.6 Å². The molecule has 0 saturated carbocycles. The van der Waals surface area contributed by atoms with Crippen molar-refractivity contribution in [3.8, 4) is 58.8 Å². The average molecular weight is 511 g/mol. The summed E-state index contributed by atoms with van der Waals surface area (Å²) in [5, 5.41) is 21.9. The van der Waals surface area contributed by atoms with Crippen molar-refractivity contribution in [2.24, 2.45) is 0 Å². The van der Waals surface area contributed by atoms with Crippen LogP contribution in [0.25, 0.3) is 11.1 Å². The molecule has 0 bridgehead atoms. The molecule has 4 aromatic carbocycles. The van der Waals surface area contributed by atoms with Gasteiger partial charge in [0.15, 0.2) is 0 Å². The Kier molecular flexibility index (Phi) is 8.36. The van der Waals surface area contributed by atoms with Gasteiger partial charge in [0, 0.05) is 20.9 Å². The number of ether oxygens (including phenoxy) is 2. The first-order valence-corrected chi connectivity index (χ1v) is 12.5. The number of benzene rings is 4. The number of terminal acetylenes is 2. The molecule has 0 aliphatic rings. The zero-order valence-electron chi connectivity index (χ0n) is 19.2. The molecule has 0 radical (unpaired) electrons. The molecule has 0 aliphatic heterocycles. The fraction of sp³-hybridized carbons (Fsp3) is 0.0667. The SMILES string of the molecule is C#CCOc1cc(-c2cc(OCC#C)c(Sc3ccccc3)cc2O)c(O)cc1Sc1ccccc1. The molecule has 0 saturated heterocycles. The van der Waals surface area contributed by atoms with E-state index in [0.29, 0.717) is 32.4 Å². The average Bonchev–Trinajstić information content (AvgIpc) is 2.89. The van der Waals surface area contributed by atoms with E-state index in [9.17, 15) is 10.2 Å². The summed E-state index contributed by atoms with van der Waals surface area (Å²) in [6, 6.07) is 26.0. The Morgan fingerprint density at radius 2 is 1.00 bits per heavy atom. The lowest BCUT2D eigenvalue weighted by molar-refractivity contribution is 0.359. The first-order chi connectivity index (χ1) is 17.6. The topological polar surface area (TPSA) is 58.9 Å². The third-order valence-corrected chi connectivity index (χ3v) is 7.07. The highest BCUT2D eigenvalue weighted by Crippen LogP contribution is 2.47. The van der Waals surface area contributed by atoms with Crippen LogP contribution in [0.15, 0.2) is 105 Å².